The lowest BCUT2D eigenvalue weighted by atomic mass is 10.1. The van der Waals surface area contributed by atoms with Crippen molar-refractivity contribution in [2.24, 2.45) is 7.05 Å². The number of imidazole rings is 1. The SMILES string of the molecule is Cc1ccc2c(c1)nc(Cc1ccc(F)cc1)n2C. The Morgan fingerprint density at radius 3 is 2.58 bits per heavy atom. The van der Waals surface area contributed by atoms with Crippen LogP contribution in [0.3, 0.4) is 0 Å². The van der Waals surface area contributed by atoms with Crippen LogP contribution in [-0.4, -0.2) is 9.55 Å². The molecule has 0 saturated heterocycles. The predicted molar refractivity (Wildman–Crippen MR) is 74.7 cm³/mol. The van der Waals surface area contributed by atoms with E-state index in [-0.39, 0.29) is 5.82 Å². The number of hydrogen-bond donors (Lipinski definition) is 0. The molecule has 1 heterocycles. The lowest BCUT2D eigenvalue weighted by Crippen LogP contribution is -1.99. The molecule has 0 saturated carbocycles. The van der Waals surface area contributed by atoms with Crippen LogP contribution in [0.4, 0.5) is 4.39 Å². The van der Waals surface area contributed by atoms with Crippen LogP contribution in [0.2, 0.25) is 0 Å². The molecule has 0 amide bonds. The van der Waals surface area contributed by atoms with Gasteiger partial charge in [0.15, 0.2) is 0 Å². The first-order valence-electron chi connectivity index (χ1n) is 6.30. The molecule has 0 unspecified atom stereocenters. The van der Waals surface area contributed by atoms with Gasteiger partial charge in [0.25, 0.3) is 0 Å². The highest BCUT2D eigenvalue weighted by Crippen LogP contribution is 2.18. The zero-order chi connectivity index (χ0) is 13.4. The maximum atomic E-state index is 12.9. The average Bonchev–Trinajstić information content (AvgIpc) is 2.68. The Morgan fingerprint density at radius 2 is 1.84 bits per heavy atom. The van der Waals surface area contributed by atoms with E-state index in [4.69, 9.17) is 0 Å². The molecule has 19 heavy (non-hydrogen) atoms. The zero-order valence-corrected chi connectivity index (χ0v) is 11.0. The van der Waals surface area contributed by atoms with Crippen LogP contribution < -0.4 is 0 Å². The minimum atomic E-state index is -0.204. The lowest BCUT2D eigenvalue weighted by molar-refractivity contribution is 0.627. The molecular weight excluding hydrogens is 239 g/mol. The molecule has 0 aliphatic carbocycles. The molecule has 0 bridgehead atoms. The number of fused-ring (bicyclic) bond motifs is 1. The summed E-state index contributed by atoms with van der Waals surface area (Å²) in [5.74, 6) is 0.789. The van der Waals surface area contributed by atoms with Gasteiger partial charge in [-0.3, -0.25) is 0 Å². The normalized spacial score (nSPS) is 11.1. The van der Waals surface area contributed by atoms with Crippen molar-refractivity contribution in [3.63, 3.8) is 0 Å². The fourth-order valence-corrected chi connectivity index (χ4v) is 2.30. The third kappa shape index (κ3) is 2.24. The van der Waals surface area contributed by atoms with Crippen LogP contribution in [0, 0.1) is 12.7 Å². The van der Waals surface area contributed by atoms with Gasteiger partial charge in [0, 0.05) is 13.5 Å². The minimum absolute atomic E-state index is 0.204. The van der Waals surface area contributed by atoms with E-state index in [9.17, 15) is 4.39 Å². The first-order chi connectivity index (χ1) is 9.13. The van der Waals surface area contributed by atoms with Crippen molar-refractivity contribution in [1.82, 2.24) is 9.55 Å². The third-order valence-electron chi connectivity index (χ3n) is 3.40. The Hall–Kier alpha value is -2.16. The maximum Gasteiger partial charge on any atom is 0.123 e. The molecule has 96 valence electrons. The second-order valence-electron chi connectivity index (χ2n) is 4.88. The summed E-state index contributed by atoms with van der Waals surface area (Å²) in [5, 5.41) is 0. The summed E-state index contributed by atoms with van der Waals surface area (Å²) in [6, 6.07) is 12.9. The number of hydrogen-bond acceptors (Lipinski definition) is 1. The van der Waals surface area contributed by atoms with E-state index >= 15 is 0 Å². The molecule has 2 nitrogen and oxygen atoms in total. The Balaban J connectivity index is 2.01. The van der Waals surface area contributed by atoms with Crippen molar-refractivity contribution in [3.8, 4) is 0 Å². The molecule has 3 rings (SSSR count). The summed E-state index contributed by atoms with van der Waals surface area (Å²) in [7, 11) is 2.02. The Labute approximate surface area is 111 Å². The number of aromatic nitrogens is 2. The van der Waals surface area contributed by atoms with Gasteiger partial charge in [-0.2, -0.15) is 0 Å². The van der Waals surface area contributed by atoms with E-state index in [0.29, 0.717) is 6.42 Å². The molecule has 0 fully saturated rings. The van der Waals surface area contributed by atoms with Gasteiger partial charge in [-0.05, 0) is 42.3 Å². The summed E-state index contributed by atoms with van der Waals surface area (Å²) >= 11 is 0. The monoisotopic (exact) mass is 254 g/mol. The molecule has 0 aliphatic heterocycles. The van der Waals surface area contributed by atoms with Crippen molar-refractivity contribution in [3.05, 3.63) is 65.2 Å². The van der Waals surface area contributed by atoms with Crippen LogP contribution in [0.1, 0.15) is 17.0 Å². The predicted octanol–water partition coefficient (Wildman–Crippen LogP) is 3.61. The topological polar surface area (TPSA) is 17.8 Å². The Bertz CT molecular complexity index is 726. The Morgan fingerprint density at radius 1 is 1.11 bits per heavy atom. The van der Waals surface area contributed by atoms with Crippen LogP contribution in [0.15, 0.2) is 42.5 Å². The largest absolute Gasteiger partial charge is 0.331 e. The summed E-state index contributed by atoms with van der Waals surface area (Å²) in [6.07, 6.45) is 0.713. The van der Waals surface area contributed by atoms with Gasteiger partial charge >= 0.3 is 0 Å². The van der Waals surface area contributed by atoms with E-state index in [1.807, 2.05) is 7.05 Å². The summed E-state index contributed by atoms with van der Waals surface area (Å²) in [4.78, 5) is 4.66. The molecular formula is C16H15FN2. The average molecular weight is 254 g/mol. The van der Waals surface area contributed by atoms with Gasteiger partial charge in [-0.1, -0.05) is 18.2 Å². The van der Waals surface area contributed by atoms with Gasteiger partial charge in [-0.15, -0.1) is 0 Å². The van der Waals surface area contributed by atoms with Gasteiger partial charge in [-0.25, -0.2) is 9.37 Å². The summed E-state index contributed by atoms with van der Waals surface area (Å²) in [6.45, 7) is 2.06. The number of aryl methyl sites for hydroxylation is 2. The number of rotatable bonds is 2. The van der Waals surface area contributed by atoms with E-state index in [1.54, 1.807) is 12.1 Å². The smallest absolute Gasteiger partial charge is 0.123 e. The standard InChI is InChI=1S/C16H15FN2/c1-11-3-8-15-14(9-11)18-16(19(15)2)10-12-4-6-13(17)7-5-12/h3-9H,10H2,1-2H3. The molecule has 0 radical (unpaired) electrons. The quantitative estimate of drug-likeness (QED) is 0.683. The lowest BCUT2D eigenvalue weighted by Gasteiger charge is -2.02. The van der Waals surface area contributed by atoms with Crippen molar-refractivity contribution in [2.45, 2.75) is 13.3 Å². The molecule has 0 atom stereocenters. The first kappa shape index (κ1) is 11.9. The van der Waals surface area contributed by atoms with Crippen molar-refractivity contribution in [1.29, 1.82) is 0 Å². The third-order valence-corrected chi connectivity index (χ3v) is 3.40. The van der Waals surface area contributed by atoms with Crippen LogP contribution >= 0.6 is 0 Å². The van der Waals surface area contributed by atoms with Crippen molar-refractivity contribution >= 4 is 11.0 Å². The molecule has 3 heteroatoms. The molecule has 0 N–H and O–H groups in total. The van der Waals surface area contributed by atoms with Crippen molar-refractivity contribution in [2.75, 3.05) is 0 Å². The highest BCUT2D eigenvalue weighted by molar-refractivity contribution is 5.76. The van der Waals surface area contributed by atoms with Gasteiger partial charge < -0.3 is 4.57 Å². The summed E-state index contributed by atoms with van der Waals surface area (Å²) in [5.41, 5.74) is 4.41. The van der Waals surface area contributed by atoms with Gasteiger partial charge in [0.05, 0.1) is 11.0 Å². The fraction of sp³-hybridized carbons (Fsp3) is 0.188. The highest BCUT2D eigenvalue weighted by atomic mass is 19.1. The van der Waals surface area contributed by atoms with Crippen LogP contribution in [0.25, 0.3) is 11.0 Å². The maximum absolute atomic E-state index is 12.9. The second kappa shape index (κ2) is 4.50. The van der Waals surface area contributed by atoms with E-state index in [0.717, 1.165) is 22.4 Å². The molecule has 0 aliphatic rings. The van der Waals surface area contributed by atoms with E-state index < -0.39 is 0 Å². The fourth-order valence-electron chi connectivity index (χ4n) is 2.30. The second-order valence-corrected chi connectivity index (χ2v) is 4.88. The molecule has 3 aromatic rings. The molecule has 2 aromatic carbocycles. The van der Waals surface area contributed by atoms with Crippen LogP contribution in [-0.2, 0) is 13.5 Å². The summed E-state index contributed by atoms with van der Waals surface area (Å²) < 4.78 is 15.0. The zero-order valence-electron chi connectivity index (χ0n) is 11.0. The Kier molecular flexibility index (Phi) is 2.82. The first-order valence-corrected chi connectivity index (χ1v) is 6.30. The van der Waals surface area contributed by atoms with E-state index in [1.165, 1.54) is 17.7 Å². The number of benzene rings is 2. The molecule has 1 aromatic heterocycles. The highest BCUT2D eigenvalue weighted by Gasteiger charge is 2.08. The number of nitrogens with zero attached hydrogens (tertiary/aromatic N) is 2. The number of halogens is 1. The minimum Gasteiger partial charge on any atom is -0.331 e. The van der Waals surface area contributed by atoms with Gasteiger partial charge in [0.1, 0.15) is 11.6 Å². The van der Waals surface area contributed by atoms with E-state index in [2.05, 4.69) is 34.7 Å². The molecule has 0 spiro atoms. The van der Waals surface area contributed by atoms with Crippen LogP contribution in [0.5, 0.6) is 0 Å². The van der Waals surface area contributed by atoms with Crippen molar-refractivity contribution < 1.29 is 4.39 Å². The van der Waals surface area contributed by atoms with Gasteiger partial charge in [0.2, 0.25) is 0 Å².